The Kier molecular flexibility index (Phi) is 4.76. The first kappa shape index (κ1) is 13.8. The second-order valence-electron chi connectivity index (χ2n) is 4.62. The van der Waals surface area contributed by atoms with E-state index in [2.05, 4.69) is 5.32 Å². The molecule has 5 nitrogen and oxygen atoms in total. The number of hydrogen-bond acceptors (Lipinski definition) is 4. The van der Waals surface area contributed by atoms with E-state index in [-0.39, 0.29) is 18.4 Å². The smallest absolute Gasteiger partial charge is 0.227 e. The molecule has 0 aromatic heterocycles. The fourth-order valence-corrected chi connectivity index (χ4v) is 2.12. The van der Waals surface area contributed by atoms with Crippen molar-refractivity contribution in [3.63, 3.8) is 0 Å². The van der Waals surface area contributed by atoms with Gasteiger partial charge in [0.15, 0.2) is 0 Å². The van der Waals surface area contributed by atoms with Crippen molar-refractivity contribution in [1.29, 1.82) is 0 Å². The third kappa shape index (κ3) is 3.68. The second kappa shape index (κ2) is 6.54. The molecule has 1 heterocycles. The zero-order chi connectivity index (χ0) is 13.7. The first-order valence-corrected chi connectivity index (χ1v) is 6.51. The number of nitrogens with one attached hydrogen (secondary N) is 1. The number of aryl methyl sites for hydroxylation is 1. The van der Waals surface area contributed by atoms with Crippen molar-refractivity contribution in [1.82, 2.24) is 0 Å². The van der Waals surface area contributed by atoms with Crippen LogP contribution < -0.4 is 15.8 Å². The summed E-state index contributed by atoms with van der Waals surface area (Å²) in [5, 5.41) is 2.86. The van der Waals surface area contributed by atoms with Crippen LogP contribution in [0, 0.1) is 0 Å². The molecule has 0 aliphatic carbocycles. The predicted molar refractivity (Wildman–Crippen MR) is 73.4 cm³/mol. The molecule has 0 saturated carbocycles. The Morgan fingerprint density at radius 1 is 1.58 bits per heavy atom. The van der Waals surface area contributed by atoms with Crippen LogP contribution in [-0.4, -0.2) is 32.3 Å². The summed E-state index contributed by atoms with van der Waals surface area (Å²) in [4.78, 5) is 11.8. The van der Waals surface area contributed by atoms with Gasteiger partial charge in [0.25, 0.3) is 0 Å². The molecule has 0 fully saturated rings. The van der Waals surface area contributed by atoms with Crippen LogP contribution in [0.3, 0.4) is 0 Å². The average Bonchev–Trinajstić information content (AvgIpc) is 2.44. The number of amides is 1. The lowest BCUT2D eigenvalue weighted by Gasteiger charge is -2.18. The molecule has 0 bridgehead atoms. The zero-order valence-electron chi connectivity index (χ0n) is 11.1. The Bertz CT molecular complexity index is 444. The van der Waals surface area contributed by atoms with Crippen LogP contribution in [0.15, 0.2) is 18.2 Å². The van der Waals surface area contributed by atoms with E-state index in [0.29, 0.717) is 6.54 Å². The van der Waals surface area contributed by atoms with Gasteiger partial charge < -0.3 is 20.5 Å². The van der Waals surface area contributed by atoms with Gasteiger partial charge in [-0.05, 0) is 36.6 Å². The molecule has 1 aromatic carbocycles. The van der Waals surface area contributed by atoms with Gasteiger partial charge in [0.2, 0.25) is 5.91 Å². The fourth-order valence-electron chi connectivity index (χ4n) is 2.12. The van der Waals surface area contributed by atoms with E-state index in [0.717, 1.165) is 36.4 Å². The van der Waals surface area contributed by atoms with Crippen molar-refractivity contribution in [3.05, 3.63) is 23.8 Å². The van der Waals surface area contributed by atoms with E-state index < -0.39 is 0 Å². The van der Waals surface area contributed by atoms with E-state index in [9.17, 15) is 4.79 Å². The molecule has 0 radical (unpaired) electrons. The molecule has 19 heavy (non-hydrogen) atoms. The molecular weight excluding hydrogens is 244 g/mol. The Morgan fingerprint density at radius 2 is 2.42 bits per heavy atom. The maximum atomic E-state index is 11.8. The molecule has 3 N–H and O–H groups in total. The first-order chi connectivity index (χ1) is 9.22. The number of benzene rings is 1. The summed E-state index contributed by atoms with van der Waals surface area (Å²) < 4.78 is 10.6. The number of fused-ring (bicyclic) bond motifs is 1. The highest BCUT2D eigenvalue weighted by Gasteiger charge is 2.14. The van der Waals surface area contributed by atoms with Crippen LogP contribution in [0.1, 0.15) is 18.4 Å². The first-order valence-electron chi connectivity index (χ1n) is 6.51. The zero-order valence-corrected chi connectivity index (χ0v) is 11.1. The average molecular weight is 264 g/mol. The van der Waals surface area contributed by atoms with E-state index in [4.69, 9.17) is 15.2 Å². The van der Waals surface area contributed by atoms with Gasteiger partial charge in [-0.2, -0.15) is 0 Å². The topological polar surface area (TPSA) is 73.6 Å². The third-order valence-corrected chi connectivity index (χ3v) is 3.20. The summed E-state index contributed by atoms with van der Waals surface area (Å²) in [6.45, 7) is 1.10. The van der Waals surface area contributed by atoms with Crippen molar-refractivity contribution in [2.75, 3.05) is 25.6 Å². The largest absolute Gasteiger partial charge is 0.493 e. The lowest BCUT2D eigenvalue weighted by atomic mass is 10.1. The minimum atomic E-state index is -0.235. The molecule has 1 atom stereocenters. The molecule has 2 rings (SSSR count). The molecular formula is C14H20N2O3. The number of methoxy groups -OCH3 is 1. The summed E-state index contributed by atoms with van der Waals surface area (Å²) in [5.74, 6) is 0.829. The lowest BCUT2D eigenvalue weighted by Crippen LogP contribution is -2.28. The third-order valence-electron chi connectivity index (χ3n) is 3.20. The summed E-state index contributed by atoms with van der Waals surface area (Å²) in [5.41, 5.74) is 7.43. The quantitative estimate of drug-likeness (QED) is 0.841. The van der Waals surface area contributed by atoms with Crippen molar-refractivity contribution in [3.8, 4) is 5.75 Å². The number of rotatable bonds is 5. The second-order valence-corrected chi connectivity index (χ2v) is 4.62. The summed E-state index contributed by atoms with van der Waals surface area (Å²) in [6, 6.07) is 5.73. The van der Waals surface area contributed by atoms with Gasteiger partial charge in [0.05, 0.1) is 19.1 Å². The van der Waals surface area contributed by atoms with Crippen LogP contribution in [0.2, 0.25) is 0 Å². The summed E-state index contributed by atoms with van der Waals surface area (Å²) in [6.07, 6.45) is 2.04. The molecule has 1 amide bonds. The van der Waals surface area contributed by atoms with Crippen LogP contribution >= 0.6 is 0 Å². The van der Waals surface area contributed by atoms with Gasteiger partial charge in [0.1, 0.15) is 5.75 Å². The van der Waals surface area contributed by atoms with Gasteiger partial charge in [0, 0.05) is 19.3 Å². The number of nitrogens with two attached hydrogens (primary N) is 1. The van der Waals surface area contributed by atoms with Gasteiger partial charge in [-0.15, -0.1) is 0 Å². The Balaban J connectivity index is 1.97. The summed E-state index contributed by atoms with van der Waals surface area (Å²) in [7, 11) is 1.56. The molecule has 5 heteroatoms. The predicted octanol–water partition coefficient (Wildman–Crippen LogP) is 1.31. The van der Waals surface area contributed by atoms with Crippen LogP contribution in [-0.2, 0) is 16.0 Å². The van der Waals surface area contributed by atoms with Gasteiger partial charge in [-0.1, -0.05) is 0 Å². The number of carbonyl (C=O) groups excluding carboxylic acids is 1. The Labute approximate surface area is 113 Å². The van der Waals surface area contributed by atoms with Gasteiger partial charge >= 0.3 is 0 Å². The number of hydrogen-bond donors (Lipinski definition) is 2. The molecule has 104 valence electrons. The van der Waals surface area contributed by atoms with Crippen molar-refractivity contribution < 1.29 is 14.3 Å². The van der Waals surface area contributed by atoms with Crippen molar-refractivity contribution in [2.45, 2.75) is 25.4 Å². The van der Waals surface area contributed by atoms with Crippen LogP contribution in [0.25, 0.3) is 0 Å². The molecule has 0 spiro atoms. The molecule has 0 saturated heterocycles. The molecule has 1 unspecified atom stereocenters. The number of anilines is 1. The summed E-state index contributed by atoms with van der Waals surface area (Å²) >= 11 is 0. The van der Waals surface area contributed by atoms with Crippen LogP contribution in [0.4, 0.5) is 5.69 Å². The highest BCUT2D eigenvalue weighted by atomic mass is 16.5. The maximum absolute atomic E-state index is 11.8. The SMILES string of the molecule is COC(CN)CC(=O)Nc1ccc2c(c1)CCCO2. The number of carbonyl (C=O) groups is 1. The standard InChI is InChI=1S/C14H20N2O3/c1-18-12(9-15)8-14(17)16-11-4-5-13-10(7-11)3-2-6-19-13/h4-5,7,12H,2-3,6,8-9,15H2,1H3,(H,16,17). The van der Waals surface area contributed by atoms with E-state index in [1.807, 2.05) is 18.2 Å². The highest BCUT2D eigenvalue weighted by molar-refractivity contribution is 5.91. The maximum Gasteiger partial charge on any atom is 0.227 e. The Hall–Kier alpha value is -1.59. The van der Waals surface area contributed by atoms with Gasteiger partial charge in [-0.25, -0.2) is 0 Å². The number of ether oxygens (including phenoxy) is 2. The monoisotopic (exact) mass is 264 g/mol. The fraction of sp³-hybridized carbons (Fsp3) is 0.500. The molecule has 1 aromatic rings. The normalized spacial score (nSPS) is 15.3. The van der Waals surface area contributed by atoms with Crippen LogP contribution in [0.5, 0.6) is 5.75 Å². The Morgan fingerprint density at radius 3 is 3.16 bits per heavy atom. The van der Waals surface area contributed by atoms with Crippen molar-refractivity contribution >= 4 is 11.6 Å². The molecule has 1 aliphatic heterocycles. The minimum Gasteiger partial charge on any atom is -0.493 e. The van der Waals surface area contributed by atoms with E-state index in [1.165, 1.54) is 0 Å². The minimum absolute atomic E-state index is 0.0889. The highest BCUT2D eigenvalue weighted by Crippen LogP contribution is 2.27. The molecule has 1 aliphatic rings. The van der Waals surface area contributed by atoms with E-state index >= 15 is 0 Å². The van der Waals surface area contributed by atoms with Gasteiger partial charge in [-0.3, -0.25) is 4.79 Å². The van der Waals surface area contributed by atoms with E-state index in [1.54, 1.807) is 7.11 Å². The van der Waals surface area contributed by atoms with Crippen molar-refractivity contribution in [2.24, 2.45) is 5.73 Å². The lowest BCUT2D eigenvalue weighted by molar-refractivity contribution is -0.118.